The lowest BCUT2D eigenvalue weighted by molar-refractivity contribution is -0.126. The molecule has 1 aromatic carbocycles. The van der Waals surface area contributed by atoms with E-state index in [1.807, 2.05) is 35.2 Å². The van der Waals surface area contributed by atoms with Gasteiger partial charge in [0.15, 0.2) is 11.5 Å². The summed E-state index contributed by atoms with van der Waals surface area (Å²) in [5.74, 6) is 0.0948. The Labute approximate surface area is 164 Å². The van der Waals surface area contributed by atoms with E-state index >= 15 is 0 Å². The van der Waals surface area contributed by atoms with E-state index in [4.69, 9.17) is 5.73 Å². The zero-order chi connectivity index (χ0) is 19.5. The number of carbonyl (C=O) groups excluding carboxylic acids is 2. The van der Waals surface area contributed by atoms with Crippen molar-refractivity contribution in [1.29, 1.82) is 0 Å². The molecule has 28 heavy (non-hydrogen) atoms. The third-order valence-electron chi connectivity index (χ3n) is 5.45. The van der Waals surface area contributed by atoms with E-state index in [2.05, 4.69) is 14.9 Å². The van der Waals surface area contributed by atoms with Gasteiger partial charge in [0, 0.05) is 50.8 Å². The number of nitrogen functional groups attached to an aromatic ring is 1. The van der Waals surface area contributed by atoms with Gasteiger partial charge in [0.1, 0.15) is 0 Å². The molecule has 1 aromatic heterocycles. The SMILES string of the molecule is Nc1nccnc1C(=O)N1CCN([C@H]2CCCN(c3ccccc3)C2=O)CC1. The standard InChI is InChI=1S/C20H24N6O2/c21-18-17(22-8-9-23-18)20(28)25-13-11-24(12-14-25)16-7-4-10-26(19(16)27)15-5-2-1-3-6-15/h1-3,5-6,8-9,16H,4,7,10-14H2,(H2,21,23)/t16-/m0/s1. The smallest absolute Gasteiger partial charge is 0.276 e. The Morgan fingerprint density at radius 3 is 2.43 bits per heavy atom. The molecule has 2 saturated heterocycles. The maximum Gasteiger partial charge on any atom is 0.276 e. The van der Waals surface area contributed by atoms with Gasteiger partial charge in [-0.05, 0) is 25.0 Å². The second-order valence-electron chi connectivity index (χ2n) is 7.10. The van der Waals surface area contributed by atoms with E-state index in [0.29, 0.717) is 26.2 Å². The molecule has 0 unspecified atom stereocenters. The van der Waals surface area contributed by atoms with E-state index in [0.717, 1.165) is 25.1 Å². The van der Waals surface area contributed by atoms with Gasteiger partial charge < -0.3 is 15.5 Å². The van der Waals surface area contributed by atoms with Crippen LogP contribution < -0.4 is 10.6 Å². The molecule has 1 atom stereocenters. The maximum atomic E-state index is 13.1. The molecule has 8 nitrogen and oxygen atoms in total. The molecular formula is C20H24N6O2. The van der Waals surface area contributed by atoms with Crippen LogP contribution in [0.25, 0.3) is 0 Å². The number of piperidine rings is 1. The molecule has 0 bridgehead atoms. The summed E-state index contributed by atoms with van der Waals surface area (Å²) >= 11 is 0. The summed E-state index contributed by atoms with van der Waals surface area (Å²) < 4.78 is 0. The Morgan fingerprint density at radius 1 is 1.00 bits per heavy atom. The van der Waals surface area contributed by atoms with Crippen LogP contribution in [0, 0.1) is 0 Å². The molecule has 2 N–H and O–H groups in total. The van der Waals surface area contributed by atoms with Crippen molar-refractivity contribution in [2.75, 3.05) is 43.4 Å². The zero-order valence-electron chi connectivity index (χ0n) is 15.7. The summed E-state index contributed by atoms with van der Waals surface area (Å²) in [5, 5.41) is 0. The topological polar surface area (TPSA) is 95.7 Å². The second-order valence-corrected chi connectivity index (χ2v) is 7.10. The molecule has 3 heterocycles. The van der Waals surface area contributed by atoms with E-state index in [-0.39, 0.29) is 29.4 Å². The molecule has 2 aromatic rings. The number of hydrogen-bond donors (Lipinski definition) is 1. The van der Waals surface area contributed by atoms with Crippen LogP contribution in [0.3, 0.4) is 0 Å². The first kappa shape index (κ1) is 18.4. The first-order valence-corrected chi connectivity index (χ1v) is 9.61. The number of benzene rings is 1. The number of amides is 2. The maximum absolute atomic E-state index is 13.1. The number of hydrogen-bond acceptors (Lipinski definition) is 6. The average molecular weight is 380 g/mol. The summed E-state index contributed by atoms with van der Waals surface area (Å²) in [6.07, 6.45) is 4.77. The molecule has 146 valence electrons. The van der Waals surface area contributed by atoms with Gasteiger partial charge in [-0.15, -0.1) is 0 Å². The number of para-hydroxylation sites is 1. The van der Waals surface area contributed by atoms with Gasteiger partial charge in [-0.1, -0.05) is 18.2 Å². The van der Waals surface area contributed by atoms with Crippen LogP contribution in [-0.2, 0) is 4.79 Å². The van der Waals surface area contributed by atoms with Crippen molar-refractivity contribution in [3.05, 3.63) is 48.4 Å². The Morgan fingerprint density at radius 2 is 1.71 bits per heavy atom. The molecule has 4 rings (SSSR count). The third kappa shape index (κ3) is 3.55. The molecule has 2 aliphatic rings. The molecule has 8 heteroatoms. The molecule has 2 amide bonds. The minimum Gasteiger partial charge on any atom is -0.382 e. The molecule has 0 radical (unpaired) electrons. The largest absolute Gasteiger partial charge is 0.382 e. The number of anilines is 2. The molecule has 0 aliphatic carbocycles. The molecule has 0 saturated carbocycles. The number of aromatic nitrogens is 2. The van der Waals surface area contributed by atoms with Crippen LogP contribution in [0.5, 0.6) is 0 Å². The fourth-order valence-corrected chi connectivity index (χ4v) is 3.96. The van der Waals surface area contributed by atoms with Gasteiger partial charge in [-0.25, -0.2) is 9.97 Å². The lowest BCUT2D eigenvalue weighted by Gasteiger charge is -2.42. The van der Waals surface area contributed by atoms with Crippen molar-refractivity contribution in [2.45, 2.75) is 18.9 Å². The predicted molar refractivity (Wildman–Crippen MR) is 106 cm³/mol. The van der Waals surface area contributed by atoms with Crippen LogP contribution in [0.15, 0.2) is 42.7 Å². The van der Waals surface area contributed by atoms with E-state index in [1.165, 1.54) is 12.4 Å². The summed E-state index contributed by atoms with van der Waals surface area (Å²) in [6.45, 7) is 3.16. The van der Waals surface area contributed by atoms with E-state index < -0.39 is 0 Å². The summed E-state index contributed by atoms with van der Waals surface area (Å²) in [5.41, 5.74) is 6.92. The highest BCUT2D eigenvalue weighted by Crippen LogP contribution is 2.24. The van der Waals surface area contributed by atoms with Crippen LogP contribution in [0.1, 0.15) is 23.3 Å². The minimum atomic E-state index is -0.203. The highest BCUT2D eigenvalue weighted by molar-refractivity contribution is 5.98. The lowest BCUT2D eigenvalue weighted by atomic mass is 10.0. The zero-order valence-corrected chi connectivity index (χ0v) is 15.7. The lowest BCUT2D eigenvalue weighted by Crippen LogP contribution is -2.58. The highest BCUT2D eigenvalue weighted by Gasteiger charge is 2.36. The first-order valence-electron chi connectivity index (χ1n) is 9.61. The monoisotopic (exact) mass is 380 g/mol. The fraction of sp³-hybridized carbons (Fsp3) is 0.400. The minimum absolute atomic E-state index is 0.132. The summed E-state index contributed by atoms with van der Waals surface area (Å²) in [7, 11) is 0. The molecular weight excluding hydrogens is 356 g/mol. The van der Waals surface area contributed by atoms with Crippen molar-refractivity contribution in [2.24, 2.45) is 0 Å². The Balaban J connectivity index is 1.40. The van der Waals surface area contributed by atoms with Gasteiger partial charge in [0.25, 0.3) is 5.91 Å². The third-order valence-corrected chi connectivity index (χ3v) is 5.45. The van der Waals surface area contributed by atoms with Crippen molar-refractivity contribution < 1.29 is 9.59 Å². The van der Waals surface area contributed by atoms with Gasteiger partial charge >= 0.3 is 0 Å². The fourth-order valence-electron chi connectivity index (χ4n) is 3.96. The number of nitrogens with zero attached hydrogens (tertiary/aromatic N) is 5. The first-order chi connectivity index (χ1) is 13.6. The number of nitrogens with two attached hydrogens (primary N) is 1. The summed E-state index contributed by atoms with van der Waals surface area (Å²) in [4.78, 5) is 39.5. The van der Waals surface area contributed by atoms with Crippen molar-refractivity contribution >= 4 is 23.3 Å². The van der Waals surface area contributed by atoms with Crippen LogP contribution in [0.4, 0.5) is 11.5 Å². The summed E-state index contributed by atoms with van der Waals surface area (Å²) in [6, 6.07) is 9.68. The predicted octanol–water partition coefficient (Wildman–Crippen LogP) is 1.01. The van der Waals surface area contributed by atoms with Crippen LogP contribution in [-0.4, -0.2) is 70.3 Å². The Bertz CT molecular complexity index is 851. The van der Waals surface area contributed by atoms with Crippen LogP contribution in [0.2, 0.25) is 0 Å². The van der Waals surface area contributed by atoms with Gasteiger partial charge in [-0.3, -0.25) is 14.5 Å². The number of rotatable bonds is 3. The highest BCUT2D eigenvalue weighted by atomic mass is 16.2. The number of piperazine rings is 1. The quantitative estimate of drug-likeness (QED) is 0.854. The molecule has 0 spiro atoms. The second kappa shape index (κ2) is 7.93. The Kier molecular flexibility index (Phi) is 5.21. The van der Waals surface area contributed by atoms with Crippen molar-refractivity contribution in [3.8, 4) is 0 Å². The van der Waals surface area contributed by atoms with Crippen molar-refractivity contribution in [1.82, 2.24) is 19.8 Å². The normalized spacial score (nSPS) is 21.0. The number of carbonyl (C=O) groups is 2. The van der Waals surface area contributed by atoms with Gasteiger partial charge in [0.05, 0.1) is 6.04 Å². The van der Waals surface area contributed by atoms with Crippen LogP contribution >= 0.6 is 0 Å². The van der Waals surface area contributed by atoms with Gasteiger partial charge in [0.2, 0.25) is 5.91 Å². The van der Waals surface area contributed by atoms with E-state index in [9.17, 15) is 9.59 Å². The van der Waals surface area contributed by atoms with Crippen molar-refractivity contribution in [3.63, 3.8) is 0 Å². The van der Waals surface area contributed by atoms with Gasteiger partial charge in [-0.2, -0.15) is 0 Å². The molecule has 2 fully saturated rings. The molecule has 2 aliphatic heterocycles. The Hall–Kier alpha value is -3.00. The van der Waals surface area contributed by atoms with E-state index in [1.54, 1.807) is 4.90 Å². The average Bonchev–Trinajstić information content (AvgIpc) is 2.75.